The van der Waals surface area contributed by atoms with E-state index in [1.165, 1.54) is 7.05 Å². The van der Waals surface area contributed by atoms with Crippen LogP contribution in [0.1, 0.15) is 39.1 Å². The minimum atomic E-state index is -0.380. The molecular weight excluding hydrogens is 296 g/mol. The molecule has 0 spiro atoms. The zero-order chi connectivity index (χ0) is 16.3. The van der Waals surface area contributed by atoms with Crippen LogP contribution in [-0.2, 0) is 9.59 Å². The van der Waals surface area contributed by atoms with Crippen LogP contribution in [0.5, 0.6) is 0 Å². The molecule has 0 saturated carbocycles. The van der Waals surface area contributed by atoms with Crippen molar-refractivity contribution in [3.63, 3.8) is 0 Å². The van der Waals surface area contributed by atoms with E-state index in [0.29, 0.717) is 35.1 Å². The Kier molecular flexibility index (Phi) is 2.66. The molecule has 4 amide bonds. The number of benzene rings is 1. The first-order valence-electron chi connectivity index (χ1n) is 7.23. The summed E-state index contributed by atoms with van der Waals surface area (Å²) in [6, 6.07) is 5.10. The maximum atomic E-state index is 12.1. The van der Waals surface area contributed by atoms with Gasteiger partial charge in [-0.15, -0.1) is 0 Å². The van der Waals surface area contributed by atoms with E-state index in [0.717, 1.165) is 16.0 Å². The first-order valence-corrected chi connectivity index (χ1v) is 7.23. The number of carbonyl (C=O) groups is 4. The Morgan fingerprint density at radius 1 is 0.957 bits per heavy atom. The Labute approximate surface area is 131 Å². The first kappa shape index (κ1) is 13.6. The molecule has 2 heterocycles. The van der Waals surface area contributed by atoms with Crippen LogP contribution >= 0.6 is 0 Å². The van der Waals surface area contributed by atoms with Crippen LogP contribution in [0.2, 0.25) is 0 Å². The van der Waals surface area contributed by atoms with Crippen LogP contribution in [0.3, 0.4) is 0 Å². The van der Waals surface area contributed by atoms with Gasteiger partial charge in [0.05, 0.1) is 11.1 Å². The van der Waals surface area contributed by atoms with Crippen LogP contribution < -0.4 is 5.32 Å². The van der Waals surface area contributed by atoms with E-state index in [1.54, 1.807) is 24.3 Å². The predicted molar refractivity (Wildman–Crippen MR) is 80.3 cm³/mol. The second-order valence-corrected chi connectivity index (χ2v) is 5.77. The minimum Gasteiger partial charge on any atom is -0.288 e. The van der Waals surface area contributed by atoms with E-state index in [1.807, 2.05) is 0 Å². The van der Waals surface area contributed by atoms with Crippen molar-refractivity contribution in [3.05, 3.63) is 52.1 Å². The molecule has 6 heteroatoms. The molecule has 0 unspecified atom stereocenters. The molecule has 1 aliphatic carbocycles. The Morgan fingerprint density at radius 3 is 2.48 bits per heavy atom. The van der Waals surface area contributed by atoms with Crippen LogP contribution in [0, 0.1) is 0 Å². The fourth-order valence-corrected chi connectivity index (χ4v) is 3.20. The van der Waals surface area contributed by atoms with E-state index in [2.05, 4.69) is 5.32 Å². The van der Waals surface area contributed by atoms with Crippen molar-refractivity contribution in [2.24, 2.45) is 0 Å². The number of imide groups is 2. The standard InChI is InChI=1S/C17H12N2O4/c1-19-16(22)11-5-3-9(7-13(11)17(19)23)8-2-4-10-12(6-8)15(21)18-14(10)20/h3,5-7H,2,4H2,1H3,(H,18,20,21). The molecule has 114 valence electrons. The molecule has 2 aliphatic heterocycles. The number of amides is 4. The van der Waals surface area contributed by atoms with Crippen LogP contribution in [-0.4, -0.2) is 35.6 Å². The highest BCUT2D eigenvalue weighted by atomic mass is 16.2. The molecule has 1 aromatic rings. The van der Waals surface area contributed by atoms with Crippen LogP contribution in [0.4, 0.5) is 0 Å². The van der Waals surface area contributed by atoms with Gasteiger partial charge in [-0.25, -0.2) is 0 Å². The maximum Gasteiger partial charge on any atom is 0.261 e. The molecule has 1 N–H and O–H groups in total. The number of carbonyl (C=O) groups excluding carboxylic acids is 4. The Bertz CT molecular complexity index is 892. The lowest BCUT2D eigenvalue weighted by atomic mass is 9.88. The normalized spacial score (nSPS) is 19.9. The van der Waals surface area contributed by atoms with Gasteiger partial charge in [-0.3, -0.25) is 29.4 Å². The molecule has 0 atom stereocenters. The maximum absolute atomic E-state index is 12.1. The number of hydrogen-bond donors (Lipinski definition) is 1. The Hall–Kier alpha value is -3.02. The summed E-state index contributed by atoms with van der Waals surface area (Å²) in [5.74, 6) is -1.33. The molecule has 23 heavy (non-hydrogen) atoms. The predicted octanol–water partition coefficient (Wildman–Crippen LogP) is 1.04. The summed E-state index contributed by atoms with van der Waals surface area (Å²) >= 11 is 0. The van der Waals surface area contributed by atoms with Crippen molar-refractivity contribution in [2.75, 3.05) is 7.05 Å². The van der Waals surface area contributed by atoms with Gasteiger partial charge in [-0.1, -0.05) is 6.07 Å². The molecule has 0 radical (unpaired) electrons. The summed E-state index contributed by atoms with van der Waals surface area (Å²) in [6.07, 6.45) is 2.80. The van der Waals surface area contributed by atoms with Crippen molar-refractivity contribution in [3.8, 4) is 0 Å². The summed E-state index contributed by atoms with van der Waals surface area (Å²) in [5, 5.41) is 2.29. The van der Waals surface area contributed by atoms with Crippen molar-refractivity contribution in [1.82, 2.24) is 10.2 Å². The molecule has 3 aliphatic rings. The quantitative estimate of drug-likeness (QED) is 0.786. The number of fused-ring (bicyclic) bond motifs is 1. The van der Waals surface area contributed by atoms with Gasteiger partial charge in [0, 0.05) is 18.2 Å². The van der Waals surface area contributed by atoms with E-state index in [9.17, 15) is 19.2 Å². The Morgan fingerprint density at radius 2 is 1.70 bits per heavy atom. The number of nitrogens with zero attached hydrogens (tertiary/aromatic N) is 1. The third-order valence-electron chi connectivity index (χ3n) is 4.49. The summed E-state index contributed by atoms with van der Waals surface area (Å²) in [5.41, 5.74) is 3.36. The lowest BCUT2D eigenvalue weighted by Crippen LogP contribution is -2.24. The average Bonchev–Trinajstić information content (AvgIpc) is 2.96. The third kappa shape index (κ3) is 1.81. The first-order chi connectivity index (χ1) is 11.0. The molecule has 1 aromatic carbocycles. The molecule has 0 fully saturated rings. The number of rotatable bonds is 1. The SMILES string of the molecule is CN1C(=O)c2ccc(C3=CC4=C(CC3)C(=O)NC4=O)cc2C1=O. The number of nitrogens with one attached hydrogen (secondary N) is 1. The van der Waals surface area contributed by atoms with Crippen molar-refractivity contribution >= 4 is 29.2 Å². The lowest BCUT2D eigenvalue weighted by molar-refractivity contribution is -0.124. The molecule has 6 nitrogen and oxygen atoms in total. The number of hydrogen-bond acceptors (Lipinski definition) is 4. The molecule has 4 rings (SSSR count). The zero-order valence-corrected chi connectivity index (χ0v) is 12.3. The van der Waals surface area contributed by atoms with E-state index in [-0.39, 0.29) is 23.6 Å². The Balaban J connectivity index is 1.78. The highest BCUT2D eigenvalue weighted by Crippen LogP contribution is 2.34. The topological polar surface area (TPSA) is 83.6 Å². The molecular formula is C17H12N2O4. The van der Waals surface area contributed by atoms with Gasteiger partial charge >= 0.3 is 0 Å². The number of allylic oxidation sites excluding steroid dienone is 1. The fourth-order valence-electron chi connectivity index (χ4n) is 3.20. The van der Waals surface area contributed by atoms with Crippen LogP contribution in [0.25, 0.3) is 5.57 Å². The monoisotopic (exact) mass is 308 g/mol. The van der Waals surface area contributed by atoms with E-state index < -0.39 is 0 Å². The second kappa shape index (κ2) is 4.49. The third-order valence-corrected chi connectivity index (χ3v) is 4.49. The zero-order valence-electron chi connectivity index (χ0n) is 12.3. The van der Waals surface area contributed by atoms with Gasteiger partial charge in [-0.05, 0) is 42.2 Å². The minimum absolute atomic E-state index is 0.306. The second-order valence-electron chi connectivity index (χ2n) is 5.77. The van der Waals surface area contributed by atoms with Crippen molar-refractivity contribution < 1.29 is 19.2 Å². The van der Waals surface area contributed by atoms with Gasteiger partial charge in [0.15, 0.2) is 0 Å². The summed E-state index contributed by atoms with van der Waals surface area (Å²) < 4.78 is 0. The van der Waals surface area contributed by atoms with Crippen LogP contribution in [0.15, 0.2) is 35.4 Å². The van der Waals surface area contributed by atoms with Gasteiger partial charge in [0.2, 0.25) is 0 Å². The smallest absolute Gasteiger partial charge is 0.261 e. The van der Waals surface area contributed by atoms with Crippen molar-refractivity contribution in [2.45, 2.75) is 12.8 Å². The summed E-state index contributed by atoms with van der Waals surface area (Å²) in [4.78, 5) is 48.5. The summed E-state index contributed by atoms with van der Waals surface area (Å²) in [7, 11) is 1.45. The summed E-state index contributed by atoms with van der Waals surface area (Å²) in [6.45, 7) is 0. The largest absolute Gasteiger partial charge is 0.288 e. The average molecular weight is 308 g/mol. The molecule has 0 aromatic heterocycles. The lowest BCUT2D eigenvalue weighted by Gasteiger charge is -2.14. The fraction of sp³-hybridized carbons (Fsp3) is 0.176. The molecule has 0 bridgehead atoms. The van der Waals surface area contributed by atoms with Gasteiger partial charge in [0.1, 0.15) is 0 Å². The van der Waals surface area contributed by atoms with Gasteiger partial charge in [-0.2, -0.15) is 0 Å². The van der Waals surface area contributed by atoms with E-state index in [4.69, 9.17) is 0 Å². The van der Waals surface area contributed by atoms with Crippen molar-refractivity contribution in [1.29, 1.82) is 0 Å². The van der Waals surface area contributed by atoms with Gasteiger partial charge < -0.3 is 0 Å². The molecule has 0 saturated heterocycles. The highest BCUT2D eigenvalue weighted by Gasteiger charge is 2.34. The van der Waals surface area contributed by atoms with Gasteiger partial charge in [0.25, 0.3) is 23.6 Å². The highest BCUT2D eigenvalue weighted by molar-refractivity contribution is 6.23. The van der Waals surface area contributed by atoms with E-state index >= 15 is 0 Å².